The van der Waals surface area contributed by atoms with Gasteiger partial charge in [0.25, 0.3) is 0 Å². The van der Waals surface area contributed by atoms with Crippen LogP contribution in [0, 0.1) is 118 Å². The molecular weight excluding hydrogens is 1470 g/mol. The van der Waals surface area contributed by atoms with Crippen LogP contribution in [0.5, 0.6) is 0 Å². The Hall–Kier alpha value is -6.48. The highest BCUT2D eigenvalue weighted by atomic mass is 16.6. The van der Waals surface area contributed by atoms with E-state index in [-0.39, 0.29) is 70.6 Å². The number of allylic oxidation sites excluding steroid dienone is 12. The summed E-state index contributed by atoms with van der Waals surface area (Å²) in [5, 5.41) is 40.7. The molecule has 32 atom stereocenters. The van der Waals surface area contributed by atoms with Gasteiger partial charge in [-0.3, -0.25) is 38.4 Å². The van der Waals surface area contributed by atoms with Crippen LogP contribution in [0.2, 0.25) is 0 Å². The first-order chi connectivity index (χ1) is 80.2. The van der Waals surface area contributed by atoms with E-state index in [2.05, 4.69) is 0 Å². The molecule has 116 heavy (non-hydrogen) atoms. The normalized spacial score (nSPS) is 56.7. The lowest BCUT2D eigenvalue weighted by atomic mass is 9.65. The van der Waals surface area contributed by atoms with Crippen molar-refractivity contribution in [1.82, 2.24) is 0 Å². The molecule has 0 bridgehead atoms. The molecule has 4 heterocycles. The van der Waals surface area contributed by atoms with E-state index in [1.807, 2.05) is 0 Å². The summed E-state index contributed by atoms with van der Waals surface area (Å²) in [6.07, 6.45) is -56.2. The number of carbonyl (C=O) groups is 8. The van der Waals surface area contributed by atoms with Crippen molar-refractivity contribution < 1.29 is 184 Å². The van der Waals surface area contributed by atoms with E-state index in [0.29, 0.717) is 6.42 Å². The molecule has 0 amide bonds. The van der Waals surface area contributed by atoms with Gasteiger partial charge >= 0.3 is 47.8 Å². The van der Waals surface area contributed by atoms with Gasteiger partial charge in [0.1, 0.15) is 48.8 Å². The quantitative estimate of drug-likeness (QED) is 0.0516. The molecule has 4 aliphatic heterocycles. The molecule has 0 aromatic carbocycles. The molecule has 4 fully saturated rings. The summed E-state index contributed by atoms with van der Waals surface area (Å²) >= 11 is 0. The number of ether oxygens (including phenoxy) is 8. The lowest BCUT2D eigenvalue weighted by Gasteiger charge is -2.43. The number of hydrogen-bond acceptors (Lipinski definition) is 20. The third-order valence-corrected chi connectivity index (χ3v) is 21.4. The molecule has 0 saturated carbocycles. The zero-order valence-electron chi connectivity index (χ0n) is 129. The fourth-order valence-electron chi connectivity index (χ4n) is 15.0. The first-order valence-electron chi connectivity index (χ1n) is 70.2. The maximum Gasteiger partial charge on any atom is 0.308 e. The van der Waals surface area contributed by atoms with Crippen molar-refractivity contribution in [2.24, 2.45) is 118 Å². The van der Waals surface area contributed by atoms with E-state index < -0.39 is 465 Å². The van der Waals surface area contributed by atoms with Crippen molar-refractivity contribution in [2.45, 2.75) is 337 Å². The minimum absolute atomic E-state index is 0.101. The Morgan fingerprint density at radius 3 is 0.914 bits per heavy atom. The maximum atomic E-state index is 13.6. The Kier molecular flexibility index (Phi) is 14.7. The van der Waals surface area contributed by atoms with Gasteiger partial charge in [-0.05, 0) is 196 Å². The molecule has 0 spiro atoms. The van der Waals surface area contributed by atoms with Crippen LogP contribution >= 0.6 is 0 Å². The Labute approximate surface area is 782 Å². The maximum absolute atomic E-state index is 13.6. The standard InChI is InChI=1S/4C24H36O5/c4*1-5-15(3)24(27)29-21-11-14(2)10-17-7-6-16(4)20(23(17)21)9-8-19-12-18(25)13-22(26)28-19/h4*6-7,10,14-16,18-21,23,25H,5,8-9,11-13H2,1-4H3/t3*14-,15-,16-,18+,19?,20-,21?,23-;14-,15-,16-,18+,19?,20-,21-,23-/m0000/s1/i1D3,2D3,3D3,5D2,6D,7D,10D,11D2,13D2,14D,16D;1D3,2D3,5D2,6D,7D,10D,11D2,13D2,14D,16D;2D3,3D3,6D,7D,10D,11D2,13D2,14D,16D;2D3,6D,7D,10D,11D2,13D2,14D,16D. The molecule has 8 aliphatic carbocycles. The van der Waals surface area contributed by atoms with Crippen LogP contribution in [0.4, 0.5) is 0 Å². The highest BCUT2D eigenvalue weighted by Crippen LogP contribution is 2.51. The van der Waals surface area contributed by atoms with Crippen molar-refractivity contribution in [2.75, 3.05) is 0 Å². The summed E-state index contributed by atoms with van der Waals surface area (Å²) in [4.78, 5) is 102. The second-order valence-electron chi connectivity index (χ2n) is 29.6. The van der Waals surface area contributed by atoms with Crippen LogP contribution in [0.25, 0.3) is 0 Å². The average Bonchev–Trinajstić information content (AvgIpc) is 0.690. The third kappa shape index (κ3) is 25.8. The van der Waals surface area contributed by atoms with Crippen LogP contribution < -0.4 is 0 Å². The fraction of sp³-hybridized carbons (Fsp3) is 0.750. The molecule has 0 radical (unpaired) electrons. The van der Waals surface area contributed by atoms with Crippen molar-refractivity contribution in [3.8, 4) is 0 Å². The van der Waals surface area contributed by atoms with Gasteiger partial charge in [0, 0.05) is 121 Å². The van der Waals surface area contributed by atoms with E-state index in [9.17, 15) is 58.8 Å². The summed E-state index contributed by atoms with van der Waals surface area (Å²) in [7, 11) is 0. The van der Waals surface area contributed by atoms with Gasteiger partial charge in [0.15, 0.2) is 0 Å². The first kappa shape index (κ1) is 39.1. The molecule has 648 valence electrons. The Morgan fingerprint density at radius 2 is 0.672 bits per heavy atom. The summed E-state index contributed by atoms with van der Waals surface area (Å²) in [5.74, 6) is -54.2. The SMILES string of the molecule is [2H]C1=C([2H])[C@]([2H])(C)[C@H](CCC2C[C@@H](O)C([2H])([2H])C(=O)O2)[C@@H]2C1=C([2H])[C@]([2H])(C([2H])([2H])[2H])C([2H])([2H])C2OC(=O)[C@@H](C([2H])([2H])[2H])C([2H])([2H])C([2H])([2H])[2H].[2H]C1=C([2H])[C@]([2H])(C)[C@H](CCC2C[C@@H](O)C([2H])([2H])C(=O)O2)[C@@H]2C1=C([2H])[C@]([2H])(C([2H])([2H])[2H])C([2H])([2H])C2OC(=O)[C@@H](C)C([2H])([2H])C([2H])([2H])[2H].[2H]C1=C([2H])[C@]([2H])(C)[C@H](CCC2C[C@@H](O)C([2H])([2H])C(=O)O2)[C@@H]2C1=C([2H])[C@]([2H])(C([2H])([2H])[2H])C([2H])([2H])C2OC(=O)[C@H](CC)C([2H])([2H])[2H].[2H]C1=C([2H])[C@]([2H])(C)[C@H](CCC2C[C@@H](O)C([2H])([2H])C(=O)O2)[C@@H]2C1=C([2H])[C@]([2H])(C([2H])([2H])[2H])C([2H])([2H])[C@@H]2OC(=O)[C@@H](C)CC. The second kappa shape index (κ2) is 43.7. The summed E-state index contributed by atoms with van der Waals surface area (Å²) in [6, 6.07) is -11.2. The van der Waals surface area contributed by atoms with Crippen LogP contribution in [0.15, 0.2) is 94.9 Å². The van der Waals surface area contributed by atoms with Crippen LogP contribution in [0.3, 0.4) is 0 Å². The molecular formula is C96H144O20. The molecule has 4 saturated heterocycles. The van der Waals surface area contributed by atoms with Crippen LogP contribution in [-0.2, 0) is 76.3 Å². The lowest BCUT2D eigenvalue weighted by molar-refractivity contribution is -0.162. The monoisotopic (exact) mass is 1680 g/mol. The summed E-state index contributed by atoms with van der Waals surface area (Å²) in [5.41, 5.74) is -2.57. The first-order valence-corrected chi connectivity index (χ1v) is 38.2. The predicted molar refractivity (Wildman–Crippen MR) is 443 cm³/mol. The summed E-state index contributed by atoms with van der Waals surface area (Å²) < 4.78 is 569. The number of aliphatic hydroxyl groups is 4. The third-order valence-electron chi connectivity index (χ3n) is 21.4. The highest BCUT2D eigenvalue weighted by Gasteiger charge is 2.48. The number of fused-ring (bicyclic) bond motifs is 4. The molecule has 20 heteroatoms. The topological polar surface area (TPSA) is 291 Å². The smallest absolute Gasteiger partial charge is 0.308 e. The van der Waals surface area contributed by atoms with Crippen molar-refractivity contribution in [3.63, 3.8) is 0 Å². The molecule has 12 rings (SSSR count). The summed E-state index contributed by atoms with van der Waals surface area (Å²) in [6.45, 7) is -18.1. The zero-order valence-corrected chi connectivity index (χ0v) is 65.1. The van der Waals surface area contributed by atoms with Gasteiger partial charge in [-0.25, -0.2) is 0 Å². The van der Waals surface area contributed by atoms with Crippen molar-refractivity contribution in [3.05, 3.63) is 94.9 Å². The predicted octanol–water partition coefficient (Wildman–Crippen LogP) is 16.8. The molecule has 7 unspecified atom stereocenters. The lowest BCUT2D eigenvalue weighted by Crippen LogP contribution is -2.42. The van der Waals surface area contributed by atoms with E-state index in [1.54, 1.807) is 6.92 Å². The zero-order chi connectivity index (χ0) is 140. The molecule has 0 aromatic rings. The molecule has 0 aromatic heterocycles. The van der Waals surface area contributed by atoms with Gasteiger partial charge in [0.2, 0.25) is 0 Å². The van der Waals surface area contributed by atoms with E-state index in [4.69, 9.17) is 126 Å². The van der Waals surface area contributed by atoms with Gasteiger partial charge < -0.3 is 58.3 Å². The van der Waals surface area contributed by atoms with Crippen LogP contribution in [-0.4, -0.2) is 141 Å². The number of cyclic esters (lactones) is 4. The second-order valence-corrected chi connectivity index (χ2v) is 29.6. The van der Waals surface area contributed by atoms with E-state index in [0.717, 1.165) is 20.8 Å². The Balaban J connectivity index is 0.000000262. The molecule has 4 N–H and O–H groups in total. The largest absolute Gasteiger partial charge is 0.462 e. The van der Waals surface area contributed by atoms with Crippen LogP contribution in [0.1, 0.15) is 352 Å². The van der Waals surface area contributed by atoms with Gasteiger partial charge in [-0.1, -0.05) is 183 Å². The molecule has 12 aliphatic rings. The van der Waals surface area contributed by atoms with E-state index >= 15 is 0 Å². The van der Waals surface area contributed by atoms with Crippen molar-refractivity contribution >= 4 is 47.8 Å². The molecule has 20 nitrogen and oxygen atoms in total. The average molecular weight is 1680 g/mol. The minimum atomic E-state index is -3.85. The van der Waals surface area contributed by atoms with Gasteiger partial charge in [-0.2, -0.15) is 0 Å². The van der Waals surface area contributed by atoms with Gasteiger partial charge in [0.05, 0.1) is 90.0 Å². The number of hydrogen-bond donors (Lipinski definition) is 4. The number of rotatable bonds is 24. The van der Waals surface area contributed by atoms with Crippen molar-refractivity contribution in [1.29, 1.82) is 0 Å². The fourth-order valence-corrected chi connectivity index (χ4v) is 15.0. The number of aliphatic hydroxyl groups excluding tert-OH is 4. The minimum Gasteiger partial charge on any atom is -0.462 e. The number of carbonyl (C=O) groups excluding carboxylic acids is 8. The highest BCUT2D eigenvalue weighted by molar-refractivity contribution is 5.75. The van der Waals surface area contributed by atoms with Gasteiger partial charge in [-0.15, -0.1) is 0 Å². The Bertz CT molecular complexity index is 6650. The number of esters is 8. The Morgan fingerprint density at radius 1 is 0.422 bits per heavy atom. The van der Waals surface area contributed by atoms with E-state index in [1.165, 1.54) is 27.7 Å².